The number of carbonyl (C=O) groups is 2. The molecule has 2 saturated heterocycles. The predicted octanol–water partition coefficient (Wildman–Crippen LogP) is 3.66. The number of urea groups is 1. The monoisotopic (exact) mass is 473 g/mol. The number of amides is 3. The van der Waals surface area contributed by atoms with Gasteiger partial charge in [0.15, 0.2) is 0 Å². The summed E-state index contributed by atoms with van der Waals surface area (Å²) in [6.07, 6.45) is 2.39. The van der Waals surface area contributed by atoms with E-state index in [2.05, 4.69) is 5.32 Å². The van der Waals surface area contributed by atoms with Crippen LogP contribution in [0.1, 0.15) is 58.9 Å². The zero-order chi connectivity index (χ0) is 24.7. The number of hydrogen-bond acceptors (Lipinski definition) is 4. The second-order valence-corrected chi connectivity index (χ2v) is 11.0. The molecule has 3 rings (SSSR count). The summed E-state index contributed by atoms with van der Waals surface area (Å²) in [4.78, 5) is 29.9. The van der Waals surface area contributed by atoms with Gasteiger partial charge in [-0.15, -0.1) is 0 Å². The van der Waals surface area contributed by atoms with Gasteiger partial charge in [0.1, 0.15) is 0 Å². The van der Waals surface area contributed by atoms with Crippen LogP contribution in [-0.4, -0.2) is 71.8 Å². The molecule has 7 heteroatoms. The van der Waals surface area contributed by atoms with Crippen molar-refractivity contribution >= 4 is 11.9 Å². The second kappa shape index (κ2) is 12.0. The molecular weight excluding hydrogens is 430 g/mol. The minimum Gasteiger partial charge on any atom is -0.391 e. The van der Waals surface area contributed by atoms with Crippen LogP contribution >= 0.6 is 0 Å². The van der Waals surface area contributed by atoms with Crippen molar-refractivity contribution in [3.8, 4) is 0 Å². The summed E-state index contributed by atoms with van der Waals surface area (Å²) in [6, 6.07) is 10.0. The van der Waals surface area contributed by atoms with E-state index in [-0.39, 0.29) is 36.4 Å². The molecule has 2 N–H and O–H groups in total. The fourth-order valence-corrected chi connectivity index (χ4v) is 4.95. The molecule has 7 nitrogen and oxygen atoms in total. The number of carbonyl (C=O) groups excluding carboxylic acids is 2. The van der Waals surface area contributed by atoms with Crippen LogP contribution in [0.3, 0.4) is 0 Å². The zero-order valence-corrected chi connectivity index (χ0v) is 21.3. The lowest BCUT2D eigenvalue weighted by Gasteiger charge is -2.39. The Labute approximate surface area is 204 Å². The quantitative estimate of drug-likeness (QED) is 0.702. The number of hydrogen-bond donors (Lipinski definition) is 2. The average molecular weight is 474 g/mol. The van der Waals surface area contributed by atoms with Crippen molar-refractivity contribution in [2.45, 2.75) is 72.1 Å². The topological polar surface area (TPSA) is 82.1 Å². The first-order valence-corrected chi connectivity index (χ1v) is 12.8. The number of nitrogens with zero attached hydrogens (tertiary/aromatic N) is 2. The molecule has 1 aromatic carbocycles. The van der Waals surface area contributed by atoms with Gasteiger partial charge >= 0.3 is 6.03 Å². The van der Waals surface area contributed by atoms with Crippen LogP contribution < -0.4 is 5.32 Å². The lowest BCUT2D eigenvalue weighted by atomic mass is 9.80. The highest BCUT2D eigenvalue weighted by Crippen LogP contribution is 2.32. The number of ether oxygens (including phenoxy) is 1. The molecule has 0 saturated carbocycles. The van der Waals surface area contributed by atoms with Crippen LogP contribution in [0.5, 0.6) is 0 Å². The van der Waals surface area contributed by atoms with Gasteiger partial charge in [-0.05, 0) is 50.5 Å². The van der Waals surface area contributed by atoms with Gasteiger partial charge < -0.3 is 25.0 Å². The summed E-state index contributed by atoms with van der Waals surface area (Å²) >= 11 is 0. The Morgan fingerprint density at radius 1 is 1.18 bits per heavy atom. The molecule has 2 fully saturated rings. The number of piperidine rings is 1. The number of likely N-dealkylation sites (tertiary alicyclic amines) is 1. The maximum Gasteiger partial charge on any atom is 0.317 e. The van der Waals surface area contributed by atoms with Gasteiger partial charge in [-0.1, -0.05) is 44.2 Å². The standard InChI is InChI=1S/C27H43N3O4/c1-20(2)28-26(33)29-13-12-22-15-25(32)30(16-21-9-6-5-7-10-21)18-24(31)27(3,4)19-34-14-8-11-23(22)17-29/h5-7,9-10,20,22-24,31H,8,11-19H2,1-4H3,(H,28,33)/t22-,23-,24-/m0/s1. The molecule has 3 atom stereocenters. The first-order valence-electron chi connectivity index (χ1n) is 12.8. The van der Waals surface area contributed by atoms with Gasteiger partial charge in [-0.3, -0.25) is 4.79 Å². The van der Waals surface area contributed by atoms with E-state index in [4.69, 9.17) is 4.74 Å². The molecule has 2 aliphatic rings. The molecule has 1 aromatic rings. The Morgan fingerprint density at radius 2 is 1.91 bits per heavy atom. The predicted molar refractivity (Wildman–Crippen MR) is 133 cm³/mol. The van der Waals surface area contributed by atoms with Gasteiger partial charge in [0.2, 0.25) is 5.91 Å². The SMILES string of the molecule is CC(C)NC(=O)N1CC[C@H]2CC(=O)N(Cc3ccccc3)C[C@H](O)C(C)(C)COCCC[C@H]2C1. The van der Waals surface area contributed by atoms with E-state index < -0.39 is 11.5 Å². The Balaban J connectivity index is 1.78. The van der Waals surface area contributed by atoms with E-state index in [1.54, 1.807) is 0 Å². The number of rotatable bonds is 3. The van der Waals surface area contributed by atoms with Crippen molar-refractivity contribution in [2.75, 3.05) is 32.8 Å². The molecule has 0 aromatic heterocycles. The molecule has 0 aliphatic carbocycles. The van der Waals surface area contributed by atoms with E-state index in [1.165, 1.54) is 0 Å². The van der Waals surface area contributed by atoms with Crippen molar-refractivity contribution in [3.05, 3.63) is 35.9 Å². The first kappa shape index (κ1) is 26.5. The fraction of sp³-hybridized carbons (Fsp3) is 0.704. The molecular formula is C27H43N3O4. The minimum absolute atomic E-state index is 0.0190. The highest BCUT2D eigenvalue weighted by molar-refractivity contribution is 5.77. The molecule has 0 bridgehead atoms. The molecule has 0 spiro atoms. The van der Waals surface area contributed by atoms with E-state index in [1.807, 2.05) is 67.8 Å². The highest BCUT2D eigenvalue weighted by atomic mass is 16.5. The van der Waals surface area contributed by atoms with Crippen molar-refractivity contribution in [1.29, 1.82) is 0 Å². The number of aliphatic hydroxyl groups is 1. The van der Waals surface area contributed by atoms with Crippen molar-refractivity contribution in [1.82, 2.24) is 15.1 Å². The summed E-state index contributed by atoms with van der Waals surface area (Å²) in [6.45, 7) is 11.1. The molecule has 34 heavy (non-hydrogen) atoms. The van der Waals surface area contributed by atoms with Crippen LogP contribution in [0.4, 0.5) is 4.79 Å². The third-order valence-electron chi connectivity index (χ3n) is 7.23. The van der Waals surface area contributed by atoms with Crippen molar-refractivity contribution < 1.29 is 19.4 Å². The number of nitrogens with one attached hydrogen (secondary N) is 1. The van der Waals surface area contributed by atoms with Gasteiger partial charge in [0, 0.05) is 50.7 Å². The number of benzene rings is 1. The third kappa shape index (κ3) is 7.44. The van der Waals surface area contributed by atoms with Gasteiger partial charge in [-0.2, -0.15) is 0 Å². The molecule has 0 radical (unpaired) electrons. The maximum absolute atomic E-state index is 13.6. The first-order chi connectivity index (χ1) is 16.2. The highest BCUT2D eigenvalue weighted by Gasteiger charge is 2.36. The molecule has 2 heterocycles. The summed E-state index contributed by atoms with van der Waals surface area (Å²) in [5, 5.41) is 14.0. The number of aliphatic hydroxyl groups excluding tert-OH is 1. The van der Waals surface area contributed by atoms with Crippen LogP contribution in [0, 0.1) is 17.3 Å². The molecule has 3 amide bonds. The summed E-state index contributed by atoms with van der Waals surface area (Å²) in [5.41, 5.74) is 0.597. The van der Waals surface area contributed by atoms with Crippen LogP contribution in [0.25, 0.3) is 0 Å². The van der Waals surface area contributed by atoms with Gasteiger partial charge in [0.25, 0.3) is 0 Å². The maximum atomic E-state index is 13.6. The van der Waals surface area contributed by atoms with E-state index in [0.717, 1.165) is 24.8 Å². The largest absolute Gasteiger partial charge is 0.391 e. The summed E-state index contributed by atoms with van der Waals surface area (Å²) in [7, 11) is 0. The molecule has 0 unspecified atom stereocenters. The van der Waals surface area contributed by atoms with Crippen LogP contribution in [-0.2, 0) is 16.1 Å². The van der Waals surface area contributed by atoms with Gasteiger partial charge in [0.05, 0.1) is 12.7 Å². The van der Waals surface area contributed by atoms with Crippen molar-refractivity contribution in [2.24, 2.45) is 17.3 Å². The van der Waals surface area contributed by atoms with Gasteiger partial charge in [-0.25, -0.2) is 4.79 Å². The second-order valence-electron chi connectivity index (χ2n) is 11.0. The normalized spacial score (nSPS) is 26.8. The van der Waals surface area contributed by atoms with E-state index in [9.17, 15) is 14.7 Å². The van der Waals surface area contributed by atoms with Crippen LogP contribution in [0.2, 0.25) is 0 Å². The van der Waals surface area contributed by atoms with Crippen molar-refractivity contribution in [3.63, 3.8) is 0 Å². The third-order valence-corrected chi connectivity index (χ3v) is 7.23. The zero-order valence-electron chi connectivity index (χ0n) is 21.3. The Hall–Kier alpha value is -2.12. The fourth-order valence-electron chi connectivity index (χ4n) is 4.95. The summed E-state index contributed by atoms with van der Waals surface area (Å²) in [5.74, 6) is 0.560. The Bertz CT molecular complexity index is 798. The van der Waals surface area contributed by atoms with E-state index in [0.29, 0.717) is 39.3 Å². The number of β-amino-alcohol motifs (C(OH)–C–C–N with tert-alkyl or cyclic N) is 1. The smallest absolute Gasteiger partial charge is 0.317 e. The Morgan fingerprint density at radius 3 is 2.62 bits per heavy atom. The van der Waals surface area contributed by atoms with E-state index >= 15 is 0 Å². The lowest BCUT2D eigenvalue weighted by molar-refractivity contribution is -0.137. The summed E-state index contributed by atoms with van der Waals surface area (Å²) < 4.78 is 5.96. The molecule has 190 valence electrons. The average Bonchev–Trinajstić information content (AvgIpc) is 2.79. The Kier molecular flexibility index (Phi) is 9.37. The minimum atomic E-state index is -0.682. The number of fused-ring (bicyclic) bond motifs is 1. The lowest BCUT2D eigenvalue weighted by Crippen LogP contribution is -2.50. The van der Waals surface area contributed by atoms with Crippen LogP contribution in [0.15, 0.2) is 30.3 Å². The molecule has 2 aliphatic heterocycles.